The molecule has 2 heterocycles. The highest BCUT2D eigenvalue weighted by atomic mass is 16.5. The summed E-state index contributed by atoms with van der Waals surface area (Å²) in [5.41, 5.74) is 2.65. The van der Waals surface area contributed by atoms with E-state index in [-0.39, 0.29) is 5.91 Å². The number of hydrogen-bond acceptors (Lipinski definition) is 5. The van der Waals surface area contributed by atoms with Crippen LogP contribution in [0.15, 0.2) is 28.8 Å². The number of fused-ring (bicyclic) bond motifs is 1. The molecule has 3 rings (SSSR count). The molecule has 23 heavy (non-hydrogen) atoms. The Labute approximate surface area is 135 Å². The van der Waals surface area contributed by atoms with Crippen LogP contribution in [-0.4, -0.2) is 36.2 Å². The van der Waals surface area contributed by atoms with Crippen LogP contribution in [0.4, 0.5) is 0 Å². The lowest BCUT2D eigenvalue weighted by Gasteiger charge is -2.24. The molecule has 0 spiro atoms. The third kappa shape index (κ3) is 3.07. The predicted octanol–water partition coefficient (Wildman–Crippen LogP) is 1.97. The van der Waals surface area contributed by atoms with E-state index in [1.165, 1.54) is 0 Å². The van der Waals surface area contributed by atoms with Crippen molar-refractivity contribution in [3.8, 4) is 5.75 Å². The molecule has 0 saturated heterocycles. The van der Waals surface area contributed by atoms with Crippen molar-refractivity contribution >= 4 is 5.91 Å². The lowest BCUT2D eigenvalue weighted by molar-refractivity contribution is -0.132. The van der Waals surface area contributed by atoms with Gasteiger partial charge in [-0.05, 0) is 19.9 Å². The SMILES string of the molecule is Cc1noc(C)c1CN(C)C(=O)C1NCCOc2ccccc21. The number of benzene rings is 1. The number of carbonyl (C=O) groups excluding carboxylic acids is 1. The maximum Gasteiger partial charge on any atom is 0.244 e. The van der Waals surface area contributed by atoms with Gasteiger partial charge < -0.3 is 14.2 Å². The van der Waals surface area contributed by atoms with Crippen LogP contribution in [0.3, 0.4) is 0 Å². The fourth-order valence-electron chi connectivity index (χ4n) is 2.81. The van der Waals surface area contributed by atoms with Crippen molar-refractivity contribution in [3.63, 3.8) is 0 Å². The number of nitrogens with one attached hydrogen (secondary N) is 1. The number of rotatable bonds is 3. The maximum absolute atomic E-state index is 12.9. The third-order valence-electron chi connectivity index (χ3n) is 4.14. The average molecular weight is 315 g/mol. The molecule has 1 atom stereocenters. The van der Waals surface area contributed by atoms with Gasteiger partial charge in [0.05, 0.1) is 12.2 Å². The maximum atomic E-state index is 12.9. The van der Waals surface area contributed by atoms with Crippen molar-refractivity contribution in [3.05, 3.63) is 46.8 Å². The van der Waals surface area contributed by atoms with Gasteiger partial charge in [0, 0.05) is 24.7 Å². The first-order valence-corrected chi connectivity index (χ1v) is 7.69. The molecule has 0 saturated carbocycles. The van der Waals surface area contributed by atoms with Crippen LogP contribution in [0.25, 0.3) is 0 Å². The summed E-state index contributed by atoms with van der Waals surface area (Å²) in [6, 6.07) is 7.26. The van der Waals surface area contributed by atoms with Gasteiger partial charge in [-0.25, -0.2) is 0 Å². The Kier molecular flexibility index (Phi) is 4.34. The molecule has 0 aliphatic carbocycles. The standard InChI is InChI=1S/C17H21N3O3/c1-11-14(12(2)23-19-11)10-20(3)17(21)16-13-6-4-5-7-15(13)22-9-8-18-16/h4-7,16,18H,8-10H2,1-3H3. The first kappa shape index (κ1) is 15.6. The second-order valence-electron chi connectivity index (χ2n) is 5.77. The summed E-state index contributed by atoms with van der Waals surface area (Å²) >= 11 is 0. The highest BCUT2D eigenvalue weighted by Crippen LogP contribution is 2.28. The second kappa shape index (κ2) is 6.42. The molecule has 1 unspecified atom stereocenters. The summed E-state index contributed by atoms with van der Waals surface area (Å²) in [5.74, 6) is 1.52. The highest BCUT2D eigenvalue weighted by Gasteiger charge is 2.28. The number of carbonyl (C=O) groups is 1. The number of nitrogens with zero attached hydrogens (tertiary/aromatic N) is 2. The van der Waals surface area contributed by atoms with Crippen LogP contribution in [0.2, 0.25) is 0 Å². The number of aromatic nitrogens is 1. The molecule has 6 nitrogen and oxygen atoms in total. The van der Waals surface area contributed by atoms with Crippen LogP contribution >= 0.6 is 0 Å². The van der Waals surface area contributed by atoms with Crippen LogP contribution < -0.4 is 10.1 Å². The summed E-state index contributed by atoms with van der Waals surface area (Å²) in [5, 5.41) is 7.22. The lowest BCUT2D eigenvalue weighted by atomic mass is 10.0. The molecule has 1 aliphatic rings. The molecule has 1 N–H and O–H groups in total. The predicted molar refractivity (Wildman–Crippen MR) is 85.1 cm³/mol. The van der Waals surface area contributed by atoms with Crippen molar-refractivity contribution in [1.82, 2.24) is 15.4 Å². The summed E-state index contributed by atoms with van der Waals surface area (Å²) in [6.07, 6.45) is 0. The zero-order valence-corrected chi connectivity index (χ0v) is 13.6. The fourth-order valence-corrected chi connectivity index (χ4v) is 2.81. The van der Waals surface area contributed by atoms with Crippen molar-refractivity contribution in [2.45, 2.75) is 26.4 Å². The molecule has 1 aromatic carbocycles. The average Bonchev–Trinajstić information content (AvgIpc) is 2.77. The highest BCUT2D eigenvalue weighted by molar-refractivity contribution is 5.84. The Morgan fingerprint density at radius 2 is 2.17 bits per heavy atom. The number of aryl methyl sites for hydroxylation is 2. The molecule has 0 bridgehead atoms. The number of amides is 1. The van der Waals surface area contributed by atoms with Gasteiger partial charge in [0.2, 0.25) is 5.91 Å². The Hall–Kier alpha value is -2.34. The van der Waals surface area contributed by atoms with Crippen molar-refractivity contribution < 1.29 is 14.1 Å². The van der Waals surface area contributed by atoms with Crippen molar-refractivity contribution in [2.75, 3.05) is 20.2 Å². The Morgan fingerprint density at radius 3 is 2.91 bits per heavy atom. The molecule has 2 aromatic rings. The van der Waals surface area contributed by atoms with E-state index in [4.69, 9.17) is 9.26 Å². The van der Waals surface area contributed by atoms with Gasteiger partial charge in [-0.1, -0.05) is 23.4 Å². The summed E-state index contributed by atoms with van der Waals surface area (Å²) in [6.45, 7) is 5.40. The van der Waals surface area contributed by atoms with Crippen LogP contribution in [0.1, 0.15) is 28.6 Å². The van der Waals surface area contributed by atoms with Gasteiger partial charge in [0.1, 0.15) is 24.2 Å². The number of ether oxygens (including phenoxy) is 1. The Bertz CT molecular complexity index is 691. The molecule has 1 amide bonds. The normalized spacial score (nSPS) is 17.1. The van der Waals surface area contributed by atoms with E-state index < -0.39 is 6.04 Å². The fraction of sp³-hybridized carbons (Fsp3) is 0.412. The van der Waals surface area contributed by atoms with Crippen LogP contribution in [0, 0.1) is 13.8 Å². The van der Waals surface area contributed by atoms with E-state index in [0.29, 0.717) is 19.7 Å². The van der Waals surface area contributed by atoms with Gasteiger partial charge in [-0.2, -0.15) is 0 Å². The van der Waals surface area contributed by atoms with Crippen molar-refractivity contribution in [2.24, 2.45) is 0 Å². The van der Waals surface area contributed by atoms with E-state index in [0.717, 1.165) is 28.3 Å². The molecule has 0 radical (unpaired) electrons. The van der Waals surface area contributed by atoms with E-state index in [1.54, 1.807) is 11.9 Å². The minimum Gasteiger partial charge on any atom is -0.492 e. The zero-order valence-electron chi connectivity index (χ0n) is 13.6. The second-order valence-corrected chi connectivity index (χ2v) is 5.77. The number of hydrogen-bond donors (Lipinski definition) is 1. The van der Waals surface area contributed by atoms with Gasteiger partial charge in [0.25, 0.3) is 0 Å². The van der Waals surface area contributed by atoms with Crippen LogP contribution in [-0.2, 0) is 11.3 Å². The molecular formula is C17H21N3O3. The third-order valence-corrected chi connectivity index (χ3v) is 4.14. The van der Waals surface area contributed by atoms with Crippen LogP contribution in [0.5, 0.6) is 5.75 Å². The molecular weight excluding hydrogens is 294 g/mol. The van der Waals surface area contributed by atoms with E-state index in [2.05, 4.69) is 10.5 Å². The summed E-state index contributed by atoms with van der Waals surface area (Å²) < 4.78 is 10.9. The monoisotopic (exact) mass is 315 g/mol. The minimum absolute atomic E-state index is 0.00273. The first-order valence-electron chi connectivity index (χ1n) is 7.69. The summed E-state index contributed by atoms with van der Waals surface area (Å²) in [4.78, 5) is 14.6. The van der Waals surface area contributed by atoms with Gasteiger partial charge in [-0.15, -0.1) is 0 Å². The van der Waals surface area contributed by atoms with Crippen molar-refractivity contribution in [1.29, 1.82) is 0 Å². The molecule has 0 fully saturated rings. The van der Waals surface area contributed by atoms with Gasteiger partial charge in [-0.3, -0.25) is 10.1 Å². The zero-order chi connectivity index (χ0) is 16.4. The lowest BCUT2D eigenvalue weighted by Crippen LogP contribution is -2.38. The number of likely N-dealkylation sites (N-methyl/N-ethyl adjacent to an activating group) is 1. The van der Waals surface area contributed by atoms with E-state index in [9.17, 15) is 4.79 Å². The Morgan fingerprint density at radius 1 is 1.39 bits per heavy atom. The van der Waals surface area contributed by atoms with E-state index >= 15 is 0 Å². The smallest absolute Gasteiger partial charge is 0.244 e. The van der Waals surface area contributed by atoms with Gasteiger partial charge >= 0.3 is 0 Å². The largest absolute Gasteiger partial charge is 0.492 e. The summed E-state index contributed by atoms with van der Waals surface area (Å²) in [7, 11) is 1.80. The Balaban J connectivity index is 1.82. The van der Waals surface area contributed by atoms with Gasteiger partial charge in [0.15, 0.2) is 0 Å². The first-order chi connectivity index (χ1) is 11.1. The molecule has 6 heteroatoms. The minimum atomic E-state index is -0.404. The number of para-hydroxylation sites is 1. The topological polar surface area (TPSA) is 67.6 Å². The quantitative estimate of drug-likeness (QED) is 0.938. The molecule has 1 aromatic heterocycles. The van der Waals surface area contributed by atoms with E-state index in [1.807, 2.05) is 38.1 Å². The molecule has 1 aliphatic heterocycles. The molecule has 122 valence electrons.